The van der Waals surface area contributed by atoms with E-state index >= 15 is 0 Å². The molecule has 2 nitrogen and oxygen atoms in total. The van der Waals surface area contributed by atoms with E-state index < -0.39 is 0 Å². The van der Waals surface area contributed by atoms with Gasteiger partial charge in [0.15, 0.2) is 0 Å². The van der Waals surface area contributed by atoms with Crippen molar-refractivity contribution in [3.63, 3.8) is 0 Å². The van der Waals surface area contributed by atoms with Crippen LogP contribution in [0.4, 0.5) is 34.1 Å². The first-order valence-corrected chi connectivity index (χ1v) is 32.8. The second kappa shape index (κ2) is 26.8. The predicted octanol–water partition coefficient (Wildman–Crippen LogP) is 22.1. The Bertz CT molecular complexity index is 3720. The topological polar surface area (TPSA) is 6.48 Å². The smallest absolute Gasteiger partial charge is 0.252 e. The number of fused-ring (bicyclic) bond motifs is 4. The van der Waals surface area contributed by atoms with E-state index in [9.17, 15) is 0 Å². The fourth-order valence-electron chi connectivity index (χ4n) is 14.0. The Morgan fingerprint density at radius 3 is 0.851 bits per heavy atom. The van der Waals surface area contributed by atoms with Gasteiger partial charge in [0.05, 0.1) is 11.4 Å². The highest BCUT2D eigenvalue weighted by Gasteiger charge is 2.45. The summed E-state index contributed by atoms with van der Waals surface area (Å²) in [5.41, 5.74) is 30.2. The van der Waals surface area contributed by atoms with Gasteiger partial charge in [0.25, 0.3) is 6.71 Å². The number of nitrogens with zero attached hydrogens (tertiary/aromatic N) is 2. The van der Waals surface area contributed by atoms with Gasteiger partial charge in [-0.1, -0.05) is 285 Å². The lowest BCUT2D eigenvalue weighted by Crippen LogP contribution is -2.61. The molecule has 0 fully saturated rings. The first-order chi connectivity index (χ1) is 43.1. The molecule has 0 bridgehead atoms. The maximum absolute atomic E-state index is 2.77. The van der Waals surface area contributed by atoms with Crippen LogP contribution in [0.3, 0.4) is 0 Å². The Morgan fingerprint density at radius 1 is 0.253 bits per heavy atom. The molecule has 13 rings (SSSR count). The summed E-state index contributed by atoms with van der Waals surface area (Å²) >= 11 is 0. The summed E-state index contributed by atoms with van der Waals surface area (Å²) in [6, 6.07) is 97.6. The van der Waals surface area contributed by atoms with E-state index in [0.717, 1.165) is 25.7 Å². The number of benzene rings is 11. The van der Waals surface area contributed by atoms with Crippen LogP contribution in [0, 0.1) is 0 Å². The van der Waals surface area contributed by atoms with Crippen molar-refractivity contribution in [2.75, 3.05) is 9.80 Å². The zero-order chi connectivity index (χ0) is 58.9. The van der Waals surface area contributed by atoms with Crippen molar-refractivity contribution in [2.45, 2.75) is 117 Å². The molecule has 87 heavy (non-hydrogen) atoms. The number of hydrogen-bond donors (Lipinski definition) is 0. The van der Waals surface area contributed by atoms with Gasteiger partial charge in [0.2, 0.25) is 0 Å². The van der Waals surface area contributed by atoms with Gasteiger partial charge in [0, 0.05) is 45.0 Å². The van der Waals surface area contributed by atoms with Crippen LogP contribution in [0.25, 0.3) is 66.8 Å². The fraction of sp³-hybridized carbons (Fsp3) is 0.214. The molecule has 2 aliphatic heterocycles. The molecule has 11 aromatic carbocycles. The fourth-order valence-corrected chi connectivity index (χ4v) is 14.0. The highest BCUT2D eigenvalue weighted by atomic mass is 15.2. The Morgan fingerprint density at radius 2 is 0.540 bits per heavy atom. The van der Waals surface area contributed by atoms with Crippen LogP contribution >= 0.6 is 0 Å². The third kappa shape index (κ3) is 11.9. The number of anilines is 6. The summed E-state index contributed by atoms with van der Waals surface area (Å²) in [5, 5.41) is 0. The molecular weight excluding hydrogens is 1050 g/mol. The summed E-state index contributed by atoms with van der Waals surface area (Å²) in [6.45, 7) is 6.93. The number of hydrogen-bond acceptors (Lipinski definition) is 2. The molecule has 0 atom stereocenters. The first kappa shape index (κ1) is 57.2. The molecule has 0 aliphatic carbocycles. The zero-order valence-corrected chi connectivity index (χ0v) is 51.3. The minimum absolute atomic E-state index is 0.0437. The summed E-state index contributed by atoms with van der Waals surface area (Å²) in [4.78, 5) is 5.55. The van der Waals surface area contributed by atoms with Gasteiger partial charge < -0.3 is 9.80 Å². The van der Waals surface area contributed by atoms with Gasteiger partial charge in [-0.3, -0.25) is 0 Å². The van der Waals surface area contributed by atoms with Crippen molar-refractivity contribution in [3.8, 4) is 66.8 Å². The van der Waals surface area contributed by atoms with Crippen molar-refractivity contribution >= 4 is 57.2 Å². The van der Waals surface area contributed by atoms with Crippen LogP contribution in [0.1, 0.15) is 115 Å². The van der Waals surface area contributed by atoms with Gasteiger partial charge >= 0.3 is 0 Å². The van der Waals surface area contributed by atoms with Crippen LogP contribution in [0.2, 0.25) is 0 Å². The largest absolute Gasteiger partial charge is 0.310 e. The van der Waals surface area contributed by atoms with Crippen molar-refractivity contribution < 1.29 is 0 Å². The van der Waals surface area contributed by atoms with E-state index in [1.807, 2.05) is 0 Å². The van der Waals surface area contributed by atoms with Gasteiger partial charge in [-0.2, -0.15) is 0 Å². The minimum atomic E-state index is -0.0437. The summed E-state index contributed by atoms with van der Waals surface area (Å²) in [6.07, 6.45) is 17.6. The van der Waals surface area contributed by atoms with Crippen molar-refractivity contribution in [1.82, 2.24) is 0 Å². The molecule has 2 aliphatic rings. The maximum atomic E-state index is 2.77. The maximum Gasteiger partial charge on any atom is 0.252 e. The van der Waals surface area contributed by atoms with E-state index in [0.29, 0.717) is 0 Å². The predicted molar refractivity (Wildman–Crippen MR) is 377 cm³/mol. The Kier molecular flexibility index (Phi) is 17.6. The van der Waals surface area contributed by atoms with Crippen molar-refractivity contribution in [1.29, 1.82) is 0 Å². The summed E-state index contributed by atoms with van der Waals surface area (Å²) in [7, 11) is 0. The standard InChI is InChI=1S/C84H81BN2/c1-4-7-10-19-34-61-49-51-76-78(53-61)86(83-72(66-41-26-15-27-42-66)57-70(64-37-22-13-23-38-64)58-73(83)67-43-28-16-29-44-67)80-55-63(36-21-12-9-6-3)56-81-82(80)85(76)77-52-50-62(35-20-11-8-5-2)54-79(77)87(81)84-74(68-45-30-17-31-46-68)59-71(65-39-24-14-25-40-65)60-75(84)69-47-32-18-33-48-69/h13-18,22-33,37-60H,4-12,19-21,34-36H2,1-3H3. The molecule has 0 saturated heterocycles. The molecular formula is C84H81BN2. The van der Waals surface area contributed by atoms with Gasteiger partial charge in [-0.25, -0.2) is 0 Å². The lowest BCUT2D eigenvalue weighted by Gasteiger charge is -2.46. The van der Waals surface area contributed by atoms with Crippen LogP contribution in [-0.4, -0.2) is 6.71 Å². The average molecular weight is 1130 g/mol. The molecule has 0 radical (unpaired) electrons. The van der Waals surface area contributed by atoms with E-state index in [1.165, 1.54) is 205 Å². The number of aryl methyl sites for hydroxylation is 3. The van der Waals surface area contributed by atoms with Gasteiger partial charge in [-0.15, -0.1) is 0 Å². The Hall–Kier alpha value is -8.92. The third-order valence-corrected chi connectivity index (χ3v) is 18.4. The van der Waals surface area contributed by atoms with E-state index in [1.54, 1.807) is 0 Å². The zero-order valence-electron chi connectivity index (χ0n) is 51.3. The molecule has 0 amide bonds. The second-order valence-corrected chi connectivity index (χ2v) is 24.4. The first-order valence-electron chi connectivity index (χ1n) is 32.8. The lowest BCUT2D eigenvalue weighted by atomic mass is 9.33. The Labute approximate surface area is 519 Å². The van der Waals surface area contributed by atoms with Gasteiger partial charge in [0.1, 0.15) is 0 Å². The molecule has 11 aromatic rings. The molecule has 0 unspecified atom stereocenters. The normalized spacial score (nSPS) is 12.2. The van der Waals surface area contributed by atoms with Crippen molar-refractivity contribution in [3.05, 3.63) is 271 Å². The summed E-state index contributed by atoms with van der Waals surface area (Å²) < 4.78 is 0. The molecule has 0 aromatic heterocycles. The number of unbranched alkanes of at least 4 members (excludes halogenated alkanes) is 9. The monoisotopic (exact) mass is 1130 g/mol. The minimum Gasteiger partial charge on any atom is -0.310 e. The molecule has 3 heteroatoms. The molecule has 0 N–H and O–H groups in total. The van der Waals surface area contributed by atoms with Crippen molar-refractivity contribution in [2.24, 2.45) is 0 Å². The highest BCUT2D eigenvalue weighted by molar-refractivity contribution is 7.00. The highest BCUT2D eigenvalue weighted by Crippen LogP contribution is 2.54. The van der Waals surface area contributed by atoms with Gasteiger partial charge in [-0.05, 0) is 165 Å². The lowest BCUT2D eigenvalue weighted by molar-refractivity contribution is 0.666. The average Bonchev–Trinajstić information content (AvgIpc) is 0.738. The van der Waals surface area contributed by atoms with Crippen LogP contribution < -0.4 is 26.2 Å². The summed E-state index contributed by atoms with van der Waals surface area (Å²) in [5.74, 6) is 0. The van der Waals surface area contributed by atoms with E-state index in [4.69, 9.17) is 0 Å². The van der Waals surface area contributed by atoms with Crippen LogP contribution in [-0.2, 0) is 19.3 Å². The van der Waals surface area contributed by atoms with E-state index in [2.05, 4.69) is 285 Å². The van der Waals surface area contributed by atoms with E-state index in [-0.39, 0.29) is 6.71 Å². The Balaban J connectivity index is 1.18. The number of rotatable bonds is 23. The second-order valence-electron chi connectivity index (χ2n) is 24.4. The molecule has 0 spiro atoms. The molecule has 430 valence electrons. The SMILES string of the molecule is CCCCCCc1ccc2c(c1)N(c1c(-c3ccccc3)cc(-c3ccccc3)cc1-c1ccccc1)c1cc(CCCCCC)cc3c1B2c1ccc(CCCCCC)cc1N3c1c(-c2ccccc2)cc(-c2ccccc2)cc1-c1ccccc1. The van der Waals surface area contributed by atoms with Crippen LogP contribution in [0.5, 0.6) is 0 Å². The quantitative estimate of drug-likeness (QED) is 0.0465. The van der Waals surface area contributed by atoms with Crippen LogP contribution in [0.15, 0.2) is 255 Å². The molecule has 2 heterocycles. The third-order valence-electron chi connectivity index (χ3n) is 18.4. The molecule has 0 saturated carbocycles.